The van der Waals surface area contributed by atoms with Crippen LogP contribution in [0.5, 0.6) is 0 Å². The zero-order chi connectivity index (χ0) is 11.9. The van der Waals surface area contributed by atoms with Crippen molar-refractivity contribution >= 4 is 6.09 Å². The lowest BCUT2D eigenvalue weighted by atomic mass is 10.1. The van der Waals surface area contributed by atoms with E-state index in [1.54, 1.807) is 0 Å². The number of alkyl carbamates (subject to hydrolysis) is 1. The van der Waals surface area contributed by atoms with E-state index in [2.05, 4.69) is 12.2 Å². The normalized spacial score (nSPS) is 13.4. The Bertz CT molecular complexity index is 188. The first-order valence-corrected chi connectivity index (χ1v) is 5.57. The van der Waals surface area contributed by atoms with Crippen LogP contribution in [0.3, 0.4) is 0 Å². The molecule has 0 heterocycles. The van der Waals surface area contributed by atoms with E-state index in [0.29, 0.717) is 6.54 Å². The Morgan fingerprint density at radius 3 is 2.53 bits per heavy atom. The minimum Gasteiger partial charge on any atom is -0.444 e. The van der Waals surface area contributed by atoms with E-state index in [1.165, 1.54) is 0 Å². The summed E-state index contributed by atoms with van der Waals surface area (Å²) in [6.07, 6.45) is 2.76. The largest absolute Gasteiger partial charge is 0.444 e. The van der Waals surface area contributed by atoms with Gasteiger partial charge >= 0.3 is 6.09 Å². The van der Waals surface area contributed by atoms with E-state index in [-0.39, 0.29) is 6.04 Å². The van der Waals surface area contributed by atoms with Gasteiger partial charge in [0.2, 0.25) is 0 Å². The number of nitrogens with two attached hydrogens (primary N) is 1. The maximum absolute atomic E-state index is 11.2. The van der Waals surface area contributed by atoms with E-state index in [4.69, 9.17) is 10.5 Å². The summed E-state index contributed by atoms with van der Waals surface area (Å²) in [6.45, 7) is 8.11. The molecule has 0 saturated heterocycles. The van der Waals surface area contributed by atoms with Crippen molar-refractivity contribution in [3.8, 4) is 0 Å². The minimum atomic E-state index is -0.447. The van der Waals surface area contributed by atoms with Gasteiger partial charge in [-0.25, -0.2) is 4.79 Å². The first-order chi connectivity index (χ1) is 6.85. The topological polar surface area (TPSA) is 64.3 Å². The molecule has 90 valence electrons. The first kappa shape index (κ1) is 14.2. The van der Waals surface area contributed by atoms with Gasteiger partial charge in [-0.2, -0.15) is 0 Å². The minimum absolute atomic E-state index is 0.0254. The van der Waals surface area contributed by atoms with Crippen LogP contribution in [-0.4, -0.2) is 24.3 Å². The monoisotopic (exact) mass is 216 g/mol. The summed E-state index contributed by atoms with van der Waals surface area (Å²) in [5.74, 6) is 0. The van der Waals surface area contributed by atoms with Gasteiger partial charge in [0, 0.05) is 12.6 Å². The Morgan fingerprint density at radius 2 is 2.07 bits per heavy atom. The Kier molecular flexibility index (Phi) is 6.32. The van der Waals surface area contributed by atoms with Crippen molar-refractivity contribution in [3.05, 3.63) is 0 Å². The lowest BCUT2D eigenvalue weighted by Gasteiger charge is -2.20. The summed E-state index contributed by atoms with van der Waals surface area (Å²) in [5.41, 5.74) is 5.35. The molecule has 4 nitrogen and oxygen atoms in total. The maximum atomic E-state index is 11.2. The number of rotatable bonds is 5. The summed E-state index contributed by atoms with van der Waals surface area (Å²) in [4.78, 5) is 11.2. The van der Waals surface area contributed by atoms with Crippen LogP contribution in [0.2, 0.25) is 0 Å². The number of hydrogen-bond acceptors (Lipinski definition) is 3. The molecule has 4 heteroatoms. The van der Waals surface area contributed by atoms with Gasteiger partial charge in [-0.3, -0.25) is 0 Å². The van der Waals surface area contributed by atoms with Crippen LogP contribution in [-0.2, 0) is 4.74 Å². The number of ether oxygens (including phenoxy) is 1. The molecule has 0 aromatic heterocycles. The van der Waals surface area contributed by atoms with Gasteiger partial charge in [-0.15, -0.1) is 0 Å². The van der Waals surface area contributed by atoms with Gasteiger partial charge < -0.3 is 15.8 Å². The van der Waals surface area contributed by atoms with Crippen molar-refractivity contribution in [2.75, 3.05) is 6.54 Å². The second-order valence-corrected chi connectivity index (χ2v) is 4.79. The van der Waals surface area contributed by atoms with Crippen LogP contribution in [0.15, 0.2) is 0 Å². The van der Waals surface area contributed by atoms with Crippen LogP contribution in [0.4, 0.5) is 4.79 Å². The molecule has 15 heavy (non-hydrogen) atoms. The summed E-state index contributed by atoms with van der Waals surface area (Å²) in [6, 6.07) is 0.0254. The van der Waals surface area contributed by atoms with Crippen LogP contribution >= 0.6 is 0 Å². The molecule has 0 radical (unpaired) electrons. The van der Waals surface area contributed by atoms with Gasteiger partial charge in [0.05, 0.1) is 0 Å². The number of nitrogens with one attached hydrogen (secondary N) is 1. The molecule has 1 amide bonds. The number of hydrogen-bond donors (Lipinski definition) is 2. The number of carbonyl (C=O) groups is 1. The summed E-state index contributed by atoms with van der Waals surface area (Å²) in [5, 5.41) is 2.66. The Labute approximate surface area is 92.6 Å². The highest BCUT2D eigenvalue weighted by atomic mass is 16.6. The third-order valence-electron chi connectivity index (χ3n) is 1.84. The second kappa shape index (κ2) is 6.67. The molecule has 0 unspecified atom stereocenters. The van der Waals surface area contributed by atoms with Crippen molar-refractivity contribution in [3.63, 3.8) is 0 Å². The van der Waals surface area contributed by atoms with Crippen molar-refractivity contribution in [1.82, 2.24) is 5.32 Å². The predicted molar refractivity (Wildman–Crippen MR) is 61.7 cm³/mol. The fraction of sp³-hybridized carbons (Fsp3) is 0.909. The van der Waals surface area contributed by atoms with Crippen molar-refractivity contribution < 1.29 is 9.53 Å². The molecule has 0 aromatic carbocycles. The van der Waals surface area contributed by atoms with E-state index in [0.717, 1.165) is 19.3 Å². The third-order valence-corrected chi connectivity index (χ3v) is 1.84. The van der Waals surface area contributed by atoms with E-state index in [9.17, 15) is 4.79 Å². The third kappa shape index (κ3) is 9.53. The smallest absolute Gasteiger partial charge is 0.407 e. The van der Waals surface area contributed by atoms with E-state index >= 15 is 0 Å². The van der Waals surface area contributed by atoms with Crippen LogP contribution < -0.4 is 11.1 Å². The molecule has 0 aliphatic carbocycles. The molecular formula is C11H24N2O2. The van der Waals surface area contributed by atoms with E-state index in [1.807, 2.05) is 20.8 Å². The summed E-state index contributed by atoms with van der Waals surface area (Å²) in [7, 11) is 0. The average Bonchev–Trinajstić information content (AvgIpc) is 2.08. The maximum Gasteiger partial charge on any atom is 0.407 e. The Morgan fingerprint density at radius 1 is 1.47 bits per heavy atom. The molecule has 0 saturated carbocycles. The lowest BCUT2D eigenvalue weighted by Crippen LogP contribution is -2.40. The van der Waals surface area contributed by atoms with Crippen LogP contribution in [0, 0.1) is 0 Å². The molecule has 0 aliphatic rings. The molecule has 0 bridgehead atoms. The number of unbranched alkanes of at least 4 members (excludes halogenated alkanes) is 1. The fourth-order valence-electron chi connectivity index (χ4n) is 1.10. The fourth-order valence-corrected chi connectivity index (χ4v) is 1.10. The zero-order valence-corrected chi connectivity index (χ0v) is 10.3. The van der Waals surface area contributed by atoms with Crippen LogP contribution in [0.1, 0.15) is 47.0 Å². The molecule has 3 N–H and O–H groups in total. The molecule has 1 atom stereocenters. The van der Waals surface area contributed by atoms with Gasteiger partial charge in [0.15, 0.2) is 0 Å². The average molecular weight is 216 g/mol. The van der Waals surface area contributed by atoms with E-state index < -0.39 is 11.7 Å². The highest BCUT2D eigenvalue weighted by molar-refractivity contribution is 5.67. The molecule has 0 fully saturated rings. The molecule has 0 rings (SSSR count). The SMILES string of the molecule is CCCC[C@@H](N)CNC(=O)OC(C)(C)C. The first-order valence-electron chi connectivity index (χ1n) is 5.57. The van der Waals surface area contributed by atoms with Crippen molar-refractivity contribution in [1.29, 1.82) is 0 Å². The molecule has 0 aromatic rings. The second-order valence-electron chi connectivity index (χ2n) is 4.79. The standard InChI is InChI=1S/C11H24N2O2/c1-5-6-7-9(12)8-13-10(14)15-11(2,3)4/h9H,5-8,12H2,1-4H3,(H,13,14)/t9-/m1/s1. The summed E-state index contributed by atoms with van der Waals surface area (Å²) >= 11 is 0. The predicted octanol–water partition coefficient (Wildman–Crippen LogP) is 2.03. The van der Waals surface area contributed by atoms with Gasteiger partial charge in [-0.1, -0.05) is 19.8 Å². The highest BCUT2D eigenvalue weighted by Gasteiger charge is 2.16. The van der Waals surface area contributed by atoms with Crippen molar-refractivity contribution in [2.45, 2.75) is 58.6 Å². The van der Waals surface area contributed by atoms with Gasteiger partial charge in [-0.05, 0) is 27.2 Å². The zero-order valence-electron chi connectivity index (χ0n) is 10.3. The van der Waals surface area contributed by atoms with Gasteiger partial charge in [0.1, 0.15) is 5.60 Å². The van der Waals surface area contributed by atoms with Crippen molar-refractivity contribution in [2.24, 2.45) is 5.73 Å². The Balaban J connectivity index is 3.62. The molecule has 0 spiro atoms. The molecular weight excluding hydrogens is 192 g/mol. The molecule has 0 aliphatic heterocycles. The number of carbonyl (C=O) groups excluding carboxylic acids is 1. The number of amides is 1. The quantitative estimate of drug-likeness (QED) is 0.739. The summed E-state index contributed by atoms with van der Waals surface area (Å²) < 4.78 is 5.09. The highest BCUT2D eigenvalue weighted by Crippen LogP contribution is 2.06. The van der Waals surface area contributed by atoms with Gasteiger partial charge in [0.25, 0.3) is 0 Å². The Hall–Kier alpha value is -0.770. The lowest BCUT2D eigenvalue weighted by molar-refractivity contribution is 0.0524. The van der Waals surface area contributed by atoms with Crippen LogP contribution in [0.25, 0.3) is 0 Å².